The number of benzene rings is 1. The fourth-order valence-electron chi connectivity index (χ4n) is 3.36. The highest BCUT2D eigenvalue weighted by atomic mass is 32.2. The minimum absolute atomic E-state index is 0.397. The summed E-state index contributed by atoms with van der Waals surface area (Å²) in [4.78, 5) is 2.77. The predicted octanol–water partition coefficient (Wildman–Crippen LogP) is 1.30. The minimum Gasteiger partial charge on any atom is -0.371 e. The number of hydrogen-bond acceptors (Lipinski definition) is 4. The second kappa shape index (κ2) is 6.18. The number of rotatable bonds is 4. The summed E-state index contributed by atoms with van der Waals surface area (Å²) in [6, 6.07) is 5.58. The monoisotopic (exact) mass is 323 g/mol. The third-order valence-electron chi connectivity index (χ3n) is 4.76. The lowest BCUT2D eigenvalue weighted by atomic mass is 9.97. The van der Waals surface area contributed by atoms with E-state index in [1.54, 1.807) is 20.2 Å². The molecule has 2 heterocycles. The number of nitrogens with one attached hydrogen (secondary N) is 1. The Bertz CT molecular complexity index is 637. The molecule has 1 aromatic rings. The van der Waals surface area contributed by atoms with Gasteiger partial charge in [0.2, 0.25) is 10.0 Å². The molecule has 1 N–H and O–H groups in total. The van der Waals surface area contributed by atoms with Crippen LogP contribution in [0.2, 0.25) is 0 Å². The van der Waals surface area contributed by atoms with Gasteiger partial charge in [-0.05, 0) is 56.0 Å². The van der Waals surface area contributed by atoms with Crippen molar-refractivity contribution in [2.45, 2.75) is 24.2 Å². The first-order valence-electron chi connectivity index (χ1n) is 7.99. The van der Waals surface area contributed by atoms with Gasteiger partial charge >= 0.3 is 0 Å². The van der Waals surface area contributed by atoms with Crippen molar-refractivity contribution in [2.24, 2.45) is 5.92 Å². The van der Waals surface area contributed by atoms with Crippen LogP contribution in [0.4, 0.5) is 5.69 Å². The van der Waals surface area contributed by atoms with Crippen molar-refractivity contribution in [3.63, 3.8) is 0 Å². The molecule has 2 aliphatic heterocycles. The van der Waals surface area contributed by atoms with Crippen LogP contribution in [0.5, 0.6) is 0 Å². The molecule has 1 aromatic carbocycles. The molecule has 0 radical (unpaired) electrons. The molecule has 2 aliphatic rings. The highest BCUT2D eigenvalue weighted by Gasteiger charge is 2.26. The Morgan fingerprint density at radius 2 is 2.00 bits per heavy atom. The van der Waals surface area contributed by atoms with Crippen molar-refractivity contribution in [3.8, 4) is 0 Å². The second-order valence-electron chi connectivity index (χ2n) is 6.47. The molecule has 5 nitrogen and oxygen atoms in total. The molecular formula is C16H25N3O2S. The van der Waals surface area contributed by atoms with Gasteiger partial charge in [-0.15, -0.1) is 0 Å². The van der Waals surface area contributed by atoms with E-state index in [1.807, 2.05) is 12.1 Å². The summed E-state index contributed by atoms with van der Waals surface area (Å²) in [7, 11) is -0.201. The molecule has 122 valence electrons. The number of fused-ring (bicyclic) bond motifs is 1. The van der Waals surface area contributed by atoms with Gasteiger partial charge in [0.05, 0.1) is 4.90 Å². The molecule has 0 aromatic heterocycles. The van der Waals surface area contributed by atoms with E-state index in [1.165, 1.54) is 22.7 Å². The van der Waals surface area contributed by atoms with Crippen molar-refractivity contribution >= 4 is 15.7 Å². The van der Waals surface area contributed by atoms with E-state index in [9.17, 15) is 8.42 Å². The van der Waals surface area contributed by atoms with Gasteiger partial charge in [0.1, 0.15) is 0 Å². The van der Waals surface area contributed by atoms with Gasteiger partial charge in [-0.1, -0.05) is 6.07 Å². The van der Waals surface area contributed by atoms with E-state index in [4.69, 9.17) is 0 Å². The maximum Gasteiger partial charge on any atom is 0.242 e. The van der Waals surface area contributed by atoms with Crippen LogP contribution in [0.15, 0.2) is 23.1 Å². The van der Waals surface area contributed by atoms with Gasteiger partial charge in [0, 0.05) is 32.9 Å². The fraction of sp³-hybridized carbons (Fsp3) is 0.625. The lowest BCUT2D eigenvalue weighted by Crippen LogP contribution is -2.35. The zero-order chi connectivity index (χ0) is 15.7. The Morgan fingerprint density at radius 3 is 2.68 bits per heavy atom. The van der Waals surface area contributed by atoms with Crippen LogP contribution in [0.1, 0.15) is 18.4 Å². The molecule has 0 atom stereocenters. The molecule has 0 aliphatic carbocycles. The summed E-state index contributed by atoms with van der Waals surface area (Å²) >= 11 is 0. The molecule has 0 bridgehead atoms. The highest BCUT2D eigenvalue weighted by Crippen LogP contribution is 2.32. The van der Waals surface area contributed by atoms with E-state index in [0.29, 0.717) is 10.8 Å². The van der Waals surface area contributed by atoms with Crippen LogP contribution in [0.25, 0.3) is 0 Å². The molecular weight excluding hydrogens is 298 g/mol. The molecule has 1 saturated heterocycles. The van der Waals surface area contributed by atoms with Crippen LogP contribution in [0, 0.1) is 5.92 Å². The third kappa shape index (κ3) is 3.00. The van der Waals surface area contributed by atoms with Crippen LogP contribution in [0.3, 0.4) is 0 Å². The first kappa shape index (κ1) is 15.8. The van der Waals surface area contributed by atoms with Crippen molar-refractivity contribution in [1.82, 2.24) is 9.62 Å². The van der Waals surface area contributed by atoms with Crippen molar-refractivity contribution in [3.05, 3.63) is 23.8 Å². The third-order valence-corrected chi connectivity index (χ3v) is 6.58. The first-order valence-corrected chi connectivity index (χ1v) is 9.43. The van der Waals surface area contributed by atoms with Crippen LogP contribution < -0.4 is 10.2 Å². The van der Waals surface area contributed by atoms with Crippen LogP contribution in [-0.4, -0.2) is 53.0 Å². The Hall–Kier alpha value is -1.11. The number of anilines is 1. The smallest absolute Gasteiger partial charge is 0.242 e. The second-order valence-corrected chi connectivity index (χ2v) is 8.62. The maximum absolute atomic E-state index is 12.3. The minimum atomic E-state index is -3.36. The van der Waals surface area contributed by atoms with Gasteiger partial charge < -0.3 is 10.2 Å². The average molecular weight is 323 g/mol. The molecule has 0 unspecified atom stereocenters. The Balaban J connectivity index is 1.83. The lowest BCUT2D eigenvalue weighted by Gasteiger charge is -2.29. The standard InChI is InChI=1S/C16H25N3O2S/c1-18(2)22(20,21)15-4-3-14-7-10-19(16(14)11-15)12-13-5-8-17-9-6-13/h3-4,11,13,17H,5-10,12H2,1-2H3. The number of sulfonamides is 1. The Labute approximate surface area is 133 Å². The summed E-state index contributed by atoms with van der Waals surface area (Å²) in [5.74, 6) is 0.710. The molecule has 0 saturated carbocycles. The van der Waals surface area contributed by atoms with E-state index >= 15 is 0 Å². The van der Waals surface area contributed by atoms with Crippen molar-refractivity contribution in [2.75, 3.05) is 45.2 Å². The van der Waals surface area contributed by atoms with Gasteiger partial charge in [-0.25, -0.2) is 12.7 Å². The largest absolute Gasteiger partial charge is 0.371 e. The number of nitrogens with zero attached hydrogens (tertiary/aromatic N) is 2. The highest BCUT2D eigenvalue weighted by molar-refractivity contribution is 7.89. The molecule has 0 amide bonds. The lowest BCUT2D eigenvalue weighted by molar-refractivity contribution is 0.375. The molecule has 6 heteroatoms. The average Bonchev–Trinajstić information content (AvgIpc) is 2.90. The summed E-state index contributed by atoms with van der Waals surface area (Å²) in [6.45, 7) is 4.24. The van der Waals surface area contributed by atoms with Crippen molar-refractivity contribution in [1.29, 1.82) is 0 Å². The summed E-state index contributed by atoms with van der Waals surface area (Å²) in [5.41, 5.74) is 2.38. The molecule has 22 heavy (non-hydrogen) atoms. The van der Waals surface area contributed by atoms with Crippen molar-refractivity contribution < 1.29 is 8.42 Å². The van der Waals surface area contributed by atoms with Crippen LogP contribution in [-0.2, 0) is 16.4 Å². The SMILES string of the molecule is CN(C)S(=O)(=O)c1ccc2c(c1)N(CC1CCNCC1)CC2. The quantitative estimate of drug-likeness (QED) is 0.907. The van der Waals surface area contributed by atoms with Gasteiger partial charge in [0.25, 0.3) is 0 Å². The molecule has 1 fully saturated rings. The predicted molar refractivity (Wildman–Crippen MR) is 88.8 cm³/mol. The van der Waals surface area contributed by atoms with E-state index < -0.39 is 10.0 Å². The zero-order valence-corrected chi connectivity index (χ0v) is 14.2. The van der Waals surface area contributed by atoms with Crippen LogP contribution >= 0.6 is 0 Å². The topological polar surface area (TPSA) is 52.7 Å². The van der Waals surface area contributed by atoms with E-state index in [2.05, 4.69) is 10.2 Å². The summed E-state index contributed by atoms with van der Waals surface area (Å²) in [5, 5.41) is 3.40. The maximum atomic E-state index is 12.3. The number of piperidine rings is 1. The van der Waals surface area contributed by atoms with Gasteiger partial charge in [0.15, 0.2) is 0 Å². The van der Waals surface area contributed by atoms with E-state index in [-0.39, 0.29) is 0 Å². The summed E-state index contributed by atoms with van der Waals surface area (Å²) in [6.07, 6.45) is 3.44. The fourth-order valence-corrected chi connectivity index (χ4v) is 4.28. The van der Waals surface area contributed by atoms with E-state index in [0.717, 1.165) is 38.3 Å². The Kier molecular flexibility index (Phi) is 4.43. The summed E-state index contributed by atoms with van der Waals surface area (Å²) < 4.78 is 25.9. The number of hydrogen-bond donors (Lipinski definition) is 1. The Morgan fingerprint density at radius 1 is 1.27 bits per heavy atom. The first-order chi connectivity index (χ1) is 10.5. The normalized spacial score (nSPS) is 19.7. The molecule has 0 spiro atoms. The van der Waals surface area contributed by atoms with Gasteiger partial charge in [-0.3, -0.25) is 0 Å². The molecule has 3 rings (SSSR count). The zero-order valence-electron chi connectivity index (χ0n) is 13.4. The van der Waals surface area contributed by atoms with Gasteiger partial charge in [-0.2, -0.15) is 0 Å².